The second-order valence-corrected chi connectivity index (χ2v) is 8.39. The van der Waals surface area contributed by atoms with Crippen molar-refractivity contribution in [2.45, 2.75) is 32.7 Å². The van der Waals surface area contributed by atoms with Crippen LogP contribution in [-0.2, 0) is 9.53 Å². The van der Waals surface area contributed by atoms with E-state index in [2.05, 4.69) is 27.2 Å². The van der Waals surface area contributed by atoms with Crippen molar-refractivity contribution in [2.75, 3.05) is 45.9 Å². The average molecular weight is 390 g/mol. The number of morpholine rings is 1. The molecule has 3 heterocycles. The Hall–Kier alpha value is -1.93. The number of rotatable bonds is 6. The molecule has 2 aliphatic heterocycles. The standard InChI is InChI=1S/C20H30N4O4/c1-13-9-18-15(16(13)12-21-20(26)17-10-14(2)28-22-17)11-19(25)24(18)4-3-23-5-7-27-8-6-23/h10,13,15-16,18H,3-9,11-12H2,1-2H3,(H,21,26)/t13-,15-,16+,18+/m0/s1. The Morgan fingerprint density at radius 3 is 2.82 bits per heavy atom. The lowest BCUT2D eigenvalue weighted by Crippen LogP contribution is -2.44. The minimum absolute atomic E-state index is 0.207. The van der Waals surface area contributed by atoms with E-state index in [4.69, 9.17) is 9.26 Å². The second kappa shape index (κ2) is 8.21. The highest BCUT2D eigenvalue weighted by atomic mass is 16.5. The first kappa shape index (κ1) is 19.4. The van der Waals surface area contributed by atoms with Gasteiger partial charge in [-0.3, -0.25) is 14.5 Å². The third-order valence-corrected chi connectivity index (χ3v) is 6.64. The van der Waals surface area contributed by atoms with E-state index >= 15 is 0 Å². The highest BCUT2D eigenvalue weighted by molar-refractivity contribution is 5.92. The van der Waals surface area contributed by atoms with Crippen molar-refractivity contribution in [3.8, 4) is 0 Å². The van der Waals surface area contributed by atoms with E-state index in [0.717, 1.165) is 45.8 Å². The van der Waals surface area contributed by atoms with Gasteiger partial charge in [0, 0.05) is 51.3 Å². The fraction of sp³-hybridized carbons (Fsp3) is 0.750. The molecule has 4 atom stereocenters. The van der Waals surface area contributed by atoms with Crippen LogP contribution >= 0.6 is 0 Å². The van der Waals surface area contributed by atoms with Gasteiger partial charge in [-0.2, -0.15) is 0 Å². The van der Waals surface area contributed by atoms with Crippen LogP contribution < -0.4 is 5.32 Å². The predicted molar refractivity (Wildman–Crippen MR) is 102 cm³/mol. The van der Waals surface area contributed by atoms with Crippen molar-refractivity contribution in [1.82, 2.24) is 20.3 Å². The van der Waals surface area contributed by atoms with Gasteiger partial charge in [0.2, 0.25) is 5.91 Å². The molecule has 1 aromatic heterocycles. The van der Waals surface area contributed by atoms with Gasteiger partial charge in [-0.25, -0.2) is 0 Å². The molecule has 8 nitrogen and oxygen atoms in total. The number of amides is 2. The lowest BCUT2D eigenvalue weighted by atomic mass is 9.88. The van der Waals surface area contributed by atoms with E-state index in [1.54, 1.807) is 13.0 Å². The number of likely N-dealkylation sites (tertiary alicyclic amines) is 1. The fourth-order valence-corrected chi connectivity index (χ4v) is 5.08. The van der Waals surface area contributed by atoms with Crippen molar-refractivity contribution in [3.63, 3.8) is 0 Å². The van der Waals surface area contributed by atoms with E-state index < -0.39 is 0 Å². The third kappa shape index (κ3) is 3.93. The van der Waals surface area contributed by atoms with E-state index in [-0.39, 0.29) is 11.8 Å². The molecule has 3 aliphatic rings. The van der Waals surface area contributed by atoms with E-state index in [1.807, 2.05) is 0 Å². The molecule has 1 aromatic rings. The summed E-state index contributed by atoms with van der Waals surface area (Å²) in [5.74, 6) is 1.80. The Balaban J connectivity index is 1.32. The normalized spacial score (nSPS) is 30.6. The molecule has 1 N–H and O–H groups in total. The zero-order valence-electron chi connectivity index (χ0n) is 16.7. The number of hydrogen-bond donors (Lipinski definition) is 1. The fourth-order valence-electron chi connectivity index (χ4n) is 5.08. The largest absolute Gasteiger partial charge is 0.379 e. The first-order chi connectivity index (χ1) is 13.5. The minimum Gasteiger partial charge on any atom is -0.379 e. The summed E-state index contributed by atoms with van der Waals surface area (Å²) in [4.78, 5) is 29.4. The Morgan fingerprint density at radius 1 is 1.32 bits per heavy atom. The van der Waals surface area contributed by atoms with Crippen LogP contribution in [0.3, 0.4) is 0 Å². The molecular weight excluding hydrogens is 360 g/mol. The monoisotopic (exact) mass is 390 g/mol. The molecule has 0 bridgehead atoms. The van der Waals surface area contributed by atoms with Gasteiger partial charge >= 0.3 is 0 Å². The molecule has 28 heavy (non-hydrogen) atoms. The van der Waals surface area contributed by atoms with Crippen LogP contribution in [0, 0.1) is 24.7 Å². The van der Waals surface area contributed by atoms with Crippen LogP contribution in [-0.4, -0.2) is 78.8 Å². The van der Waals surface area contributed by atoms with Crippen molar-refractivity contribution in [2.24, 2.45) is 17.8 Å². The molecule has 1 aliphatic carbocycles. The molecule has 0 spiro atoms. The number of nitrogens with zero attached hydrogens (tertiary/aromatic N) is 3. The van der Waals surface area contributed by atoms with Crippen LogP contribution in [0.2, 0.25) is 0 Å². The molecule has 0 radical (unpaired) electrons. The van der Waals surface area contributed by atoms with Crippen molar-refractivity contribution in [3.05, 3.63) is 17.5 Å². The van der Waals surface area contributed by atoms with E-state index in [0.29, 0.717) is 48.2 Å². The zero-order valence-corrected chi connectivity index (χ0v) is 16.7. The molecule has 3 fully saturated rings. The highest BCUT2D eigenvalue weighted by Crippen LogP contribution is 2.45. The third-order valence-electron chi connectivity index (χ3n) is 6.64. The lowest BCUT2D eigenvalue weighted by Gasteiger charge is -2.31. The second-order valence-electron chi connectivity index (χ2n) is 8.39. The van der Waals surface area contributed by atoms with Gasteiger partial charge in [0.05, 0.1) is 13.2 Å². The van der Waals surface area contributed by atoms with Gasteiger partial charge < -0.3 is 19.5 Å². The number of carbonyl (C=O) groups excluding carboxylic acids is 2. The summed E-state index contributed by atoms with van der Waals surface area (Å²) in [5.41, 5.74) is 0.314. The SMILES string of the molecule is Cc1cc(C(=O)NC[C@H]2[C@@H]3CC(=O)N(CCN4CCOCC4)[C@@H]3C[C@@H]2C)no1. The number of nitrogens with one attached hydrogen (secondary N) is 1. The lowest BCUT2D eigenvalue weighted by molar-refractivity contribution is -0.129. The molecule has 2 amide bonds. The first-order valence-electron chi connectivity index (χ1n) is 10.3. The van der Waals surface area contributed by atoms with Gasteiger partial charge in [0.1, 0.15) is 5.76 Å². The Kier molecular flexibility index (Phi) is 5.68. The van der Waals surface area contributed by atoms with Crippen LogP contribution in [0.5, 0.6) is 0 Å². The van der Waals surface area contributed by atoms with Gasteiger partial charge in [-0.05, 0) is 31.1 Å². The molecule has 2 saturated heterocycles. The van der Waals surface area contributed by atoms with E-state index in [1.165, 1.54) is 0 Å². The first-order valence-corrected chi connectivity index (χ1v) is 10.3. The molecule has 8 heteroatoms. The van der Waals surface area contributed by atoms with Gasteiger partial charge in [-0.1, -0.05) is 12.1 Å². The van der Waals surface area contributed by atoms with Crippen molar-refractivity contribution in [1.29, 1.82) is 0 Å². The summed E-state index contributed by atoms with van der Waals surface area (Å²) >= 11 is 0. The number of aromatic nitrogens is 1. The number of carbonyl (C=O) groups is 2. The van der Waals surface area contributed by atoms with Gasteiger partial charge in [-0.15, -0.1) is 0 Å². The predicted octanol–water partition coefficient (Wildman–Crippen LogP) is 0.918. The number of aryl methyl sites for hydroxylation is 1. The van der Waals surface area contributed by atoms with Crippen LogP contribution in [0.4, 0.5) is 0 Å². The summed E-state index contributed by atoms with van der Waals surface area (Å²) in [6.07, 6.45) is 1.62. The Labute approximate surface area is 165 Å². The zero-order chi connectivity index (χ0) is 19.7. The Bertz CT molecular complexity index is 715. The summed E-state index contributed by atoms with van der Waals surface area (Å²) in [6.45, 7) is 9.75. The quantitative estimate of drug-likeness (QED) is 0.777. The highest BCUT2D eigenvalue weighted by Gasteiger charge is 2.50. The number of hydrogen-bond acceptors (Lipinski definition) is 6. The number of fused-ring (bicyclic) bond motifs is 1. The minimum atomic E-state index is -0.207. The van der Waals surface area contributed by atoms with E-state index in [9.17, 15) is 9.59 Å². The average Bonchev–Trinajstić information content (AvgIpc) is 3.33. The maximum Gasteiger partial charge on any atom is 0.273 e. The van der Waals surface area contributed by atoms with Crippen molar-refractivity contribution < 1.29 is 18.8 Å². The molecule has 0 aromatic carbocycles. The maximum absolute atomic E-state index is 12.6. The molecule has 1 saturated carbocycles. The summed E-state index contributed by atoms with van der Waals surface area (Å²) < 4.78 is 10.4. The molecule has 4 rings (SSSR count). The van der Waals surface area contributed by atoms with Crippen LogP contribution in [0.1, 0.15) is 36.0 Å². The topological polar surface area (TPSA) is 87.9 Å². The Morgan fingerprint density at radius 2 is 2.11 bits per heavy atom. The molecule has 154 valence electrons. The number of ether oxygens (including phenoxy) is 1. The summed E-state index contributed by atoms with van der Waals surface area (Å²) in [5, 5.41) is 6.77. The van der Waals surface area contributed by atoms with Crippen LogP contribution in [0.25, 0.3) is 0 Å². The van der Waals surface area contributed by atoms with Crippen molar-refractivity contribution >= 4 is 11.8 Å². The summed E-state index contributed by atoms with van der Waals surface area (Å²) in [6, 6.07) is 1.95. The molecular formula is C20H30N4O4. The van der Waals surface area contributed by atoms with Gasteiger partial charge in [0.25, 0.3) is 5.91 Å². The maximum atomic E-state index is 12.6. The molecule has 0 unspecified atom stereocenters. The van der Waals surface area contributed by atoms with Crippen LogP contribution in [0.15, 0.2) is 10.6 Å². The smallest absolute Gasteiger partial charge is 0.273 e. The summed E-state index contributed by atoms with van der Waals surface area (Å²) in [7, 11) is 0. The van der Waals surface area contributed by atoms with Gasteiger partial charge in [0.15, 0.2) is 5.69 Å².